The number of esters is 1. The van der Waals surface area contributed by atoms with Crippen molar-refractivity contribution in [2.75, 3.05) is 0 Å². The predicted octanol–water partition coefficient (Wildman–Crippen LogP) is 6.35. The molecular weight excluding hydrogens is 433 g/mol. The summed E-state index contributed by atoms with van der Waals surface area (Å²) >= 11 is 6.31. The van der Waals surface area contributed by atoms with E-state index >= 15 is 0 Å². The highest BCUT2D eigenvalue weighted by Crippen LogP contribution is 2.39. The van der Waals surface area contributed by atoms with Crippen LogP contribution in [0.4, 0.5) is 0 Å². The minimum atomic E-state index is -2.58. The predicted molar refractivity (Wildman–Crippen MR) is 121 cm³/mol. The lowest BCUT2D eigenvalue weighted by Crippen LogP contribution is -2.24. The van der Waals surface area contributed by atoms with E-state index in [-0.39, 0.29) is 11.9 Å². The largest absolute Gasteiger partial charge is 0.575 e. The molecule has 3 aromatic rings. The van der Waals surface area contributed by atoms with Crippen LogP contribution in [0, 0.1) is 0 Å². The molecule has 0 amide bonds. The minimum absolute atomic E-state index is 0.117. The van der Waals surface area contributed by atoms with E-state index in [9.17, 15) is 9.69 Å². The maximum absolute atomic E-state index is 13.0. The first kappa shape index (κ1) is 21.8. The van der Waals surface area contributed by atoms with Crippen LogP contribution in [0.5, 0.6) is 5.75 Å². The van der Waals surface area contributed by atoms with Crippen LogP contribution in [0.3, 0.4) is 0 Å². The summed E-state index contributed by atoms with van der Waals surface area (Å²) in [6.07, 6.45) is 4.83. The molecular formula is C24H23ClNO4P. The summed E-state index contributed by atoms with van der Waals surface area (Å²) < 4.78 is 15.6. The molecule has 0 saturated heterocycles. The van der Waals surface area contributed by atoms with Crippen LogP contribution in [0.25, 0.3) is 10.8 Å². The van der Waals surface area contributed by atoms with Gasteiger partial charge in [0.25, 0.3) is 0 Å². The van der Waals surface area contributed by atoms with Gasteiger partial charge in [0.1, 0.15) is 6.10 Å². The second kappa shape index (κ2) is 10.2. The van der Waals surface area contributed by atoms with Gasteiger partial charge in [-0.25, -0.2) is 4.79 Å². The Morgan fingerprint density at radius 2 is 1.71 bits per heavy atom. The van der Waals surface area contributed by atoms with Gasteiger partial charge in [-0.15, -0.1) is 0 Å². The molecule has 3 aromatic carbocycles. The van der Waals surface area contributed by atoms with Crippen molar-refractivity contribution in [2.45, 2.75) is 44.2 Å². The molecule has 1 saturated carbocycles. The summed E-state index contributed by atoms with van der Waals surface area (Å²) in [6, 6.07) is 19.0. The topological polar surface area (TPSA) is 71.0 Å². The van der Waals surface area contributed by atoms with Gasteiger partial charge in [0.05, 0.1) is 5.02 Å². The van der Waals surface area contributed by atoms with Crippen LogP contribution < -0.4 is 9.42 Å². The summed E-state index contributed by atoms with van der Waals surface area (Å²) in [6.45, 7) is 0. The Bertz CT molecular complexity index is 1080. The Morgan fingerprint density at radius 3 is 2.48 bits per heavy atom. The number of fused-ring (bicyclic) bond motifs is 1. The van der Waals surface area contributed by atoms with Gasteiger partial charge in [0.15, 0.2) is 0 Å². The second-order valence-electron chi connectivity index (χ2n) is 7.55. The van der Waals surface area contributed by atoms with Gasteiger partial charge < -0.3 is 9.63 Å². The van der Waals surface area contributed by atoms with Crippen molar-refractivity contribution in [2.24, 2.45) is 4.74 Å². The molecule has 0 aromatic heterocycles. The summed E-state index contributed by atoms with van der Waals surface area (Å²) in [4.78, 5) is 25.8. The normalized spacial score (nSPS) is 16.1. The molecule has 31 heavy (non-hydrogen) atoms. The van der Waals surface area contributed by atoms with Crippen molar-refractivity contribution >= 4 is 36.5 Å². The number of rotatable bonds is 6. The fourth-order valence-electron chi connectivity index (χ4n) is 3.80. The SMILES string of the molecule is O=C(OC1CCCCC1)[C@@H](N=[P+]([O-])Oc1c(Cl)ccc2ccccc12)c1ccccc1. The molecule has 0 radical (unpaired) electrons. The average molecular weight is 456 g/mol. The maximum Gasteiger partial charge on any atom is 0.395 e. The number of hydrogen-bond donors (Lipinski definition) is 0. The van der Waals surface area contributed by atoms with Crippen LogP contribution >= 0.6 is 19.8 Å². The van der Waals surface area contributed by atoms with E-state index in [0.29, 0.717) is 10.6 Å². The highest BCUT2D eigenvalue weighted by atomic mass is 35.5. The molecule has 4 rings (SSSR count). The molecule has 0 heterocycles. The number of carbonyl (C=O) groups is 1. The molecule has 0 aliphatic heterocycles. The molecule has 5 nitrogen and oxygen atoms in total. The molecule has 1 unspecified atom stereocenters. The van der Waals surface area contributed by atoms with Crippen molar-refractivity contribution in [3.63, 3.8) is 0 Å². The molecule has 0 spiro atoms. The Hall–Kier alpha value is -2.46. The first-order valence-electron chi connectivity index (χ1n) is 10.4. The number of halogens is 1. The first-order valence-corrected chi connectivity index (χ1v) is 11.9. The van der Waals surface area contributed by atoms with Gasteiger partial charge in [-0.1, -0.05) is 83.4 Å². The molecule has 0 bridgehead atoms. The van der Waals surface area contributed by atoms with E-state index in [1.165, 1.54) is 0 Å². The Kier molecular flexibility index (Phi) is 7.18. The van der Waals surface area contributed by atoms with Crippen molar-refractivity contribution in [1.82, 2.24) is 0 Å². The number of ether oxygens (including phenoxy) is 1. The van der Waals surface area contributed by atoms with E-state index in [4.69, 9.17) is 20.9 Å². The summed E-state index contributed by atoms with van der Waals surface area (Å²) in [5, 5.41) is 1.97. The maximum atomic E-state index is 13.0. The smallest absolute Gasteiger partial charge is 0.395 e. The summed E-state index contributed by atoms with van der Waals surface area (Å²) in [7, 11) is -2.58. The van der Waals surface area contributed by atoms with Crippen LogP contribution in [0.1, 0.15) is 43.7 Å². The van der Waals surface area contributed by atoms with E-state index < -0.39 is 20.2 Å². The average Bonchev–Trinajstić information content (AvgIpc) is 2.80. The standard InChI is InChI=1S/C24H23ClNO4P/c25-21-16-15-17-9-7-8-14-20(17)23(21)30-31(28)26-22(18-10-3-1-4-11-18)24(27)29-19-12-5-2-6-13-19/h1,3-4,7-11,14-16,19,22H,2,5-6,12-13H2/t22-/m0/s1. The number of benzene rings is 3. The van der Waals surface area contributed by atoms with Crippen molar-refractivity contribution < 1.29 is 18.9 Å². The first-order chi connectivity index (χ1) is 15.1. The van der Waals surface area contributed by atoms with Gasteiger partial charge in [0.2, 0.25) is 11.8 Å². The summed E-state index contributed by atoms with van der Waals surface area (Å²) in [5.41, 5.74) is 0.610. The highest BCUT2D eigenvalue weighted by Gasteiger charge is 2.29. The molecule has 160 valence electrons. The number of carbonyl (C=O) groups excluding carboxylic acids is 1. The van der Waals surface area contributed by atoms with Crippen LogP contribution in [-0.4, -0.2) is 12.1 Å². The monoisotopic (exact) mass is 455 g/mol. The zero-order valence-corrected chi connectivity index (χ0v) is 18.6. The fourth-order valence-corrected chi connectivity index (χ4v) is 4.88. The zero-order valence-electron chi connectivity index (χ0n) is 16.9. The third kappa shape index (κ3) is 5.43. The Balaban J connectivity index is 1.61. The van der Waals surface area contributed by atoms with E-state index in [2.05, 4.69) is 4.74 Å². The molecule has 1 aliphatic carbocycles. The number of hydrogen-bond acceptors (Lipinski definition) is 5. The molecule has 1 aliphatic rings. The van der Waals surface area contributed by atoms with Gasteiger partial charge in [0, 0.05) is 5.39 Å². The lowest BCUT2D eigenvalue weighted by molar-refractivity contribution is -0.170. The van der Waals surface area contributed by atoms with Gasteiger partial charge >= 0.3 is 14.1 Å². The Labute approximate surface area is 187 Å². The van der Waals surface area contributed by atoms with Crippen LogP contribution in [0.15, 0.2) is 71.5 Å². The van der Waals surface area contributed by atoms with Crippen LogP contribution in [0.2, 0.25) is 5.02 Å². The van der Waals surface area contributed by atoms with E-state index in [1.54, 1.807) is 30.3 Å². The molecule has 2 atom stereocenters. The number of nitrogens with zero attached hydrogens (tertiary/aromatic N) is 1. The Morgan fingerprint density at radius 1 is 1.00 bits per heavy atom. The lowest BCUT2D eigenvalue weighted by atomic mass is 9.97. The van der Waals surface area contributed by atoms with Gasteiger partial charge in [-0.05, 0) is 42.7 Å². The zero-order chi connectivity index (χ0) is 21.6. The lowest BCUT2D eigenvalue weighted by Gasteiger charge is -2.23. The minimum Gasteiger partial charge on any atom is -0.575 e. The molecule has 0 N–H and O–H groups in total. The van der Waals surface area contributed by atoms with E-state index in [0.717, 1.165) is 42.9 Å². The quantitative estimate of drug-likeness (QED) is 0.321. The fraction of sp³-hybridized carbons (Fsp3) is 0.292. The van der Waals surface area contributed by atoms with Crippen molar-refractivity contribution in [1.29, 1.82) is 0 Å². The van der Waals surface area contributed by atoms with E-state index in [1.807, 2.05) is 36.4 Å². The third-order valence-electron chi connectivity index (χ3n) is 5.38. The van der Waals surface area contributed by atoms with Gasteiger partial charge in [-0.2, -0.15) is 0 Å². The second-order valence-corrected chi connectivity index (χ2v) is 8.85. The van der Waals surface area contributed by atoms with Gasteiger partial charge in [-0.3, -0.25) is 4.52 Å². The molecule has 7 heteroatoms. The highest BCUT2D eigenvalue weighted by molar-refractivity contribution is 7.34. The third-order valence-corrected chi connectivity index (χ3v) is 6.44. The van der Waals surface area contributed by atoms with Crippen molar-refractivity contribution in [3.05, 3.63) is 77.3 Å². The van der Waals surface area contributed by atoms with Crippen LogP contribution in [-0.2, 0) is 9.53 Å². The van der Waals surface area contributed by atoms with Crippen molar-refractivity contribution in [3.8, 4) is 5.75 Å². The summed E-state index contributed by atoms with van der Waals surface area (Å²) in [5.74, 6) is -0.217. The molecule has 1 fully saturated rings.